The third-order valence-corrected chi connectivity index (χ3v) is 13.9. The molecule has 296 valence electrons. The molecule has 0 N–H and O–H groups in total. The van der Waals surface area contributed by atoms with E-state index in [1.807, 2.05) is 0 Å². The molecule has 13 rings (SSSR count). The van der Waals surface area contributed by atoms with Crippen molar-refractivity contribution in [3.63, 3.8) is 0 Å². The smallest absolute Gasteiger partial charge is 0.160 e. The summed E-state index contributed by atoms with van der Waals surface area (Å²) in [6, 6.07) is 62.4. The summed E-state index contributed by atoms with van der Waals surface area (Å²) < 4.78 is 0. The molecule has 4 aliphatic carbocycles. The van der Waals surface area contributed by atoms with Crippen LogP contribution >= 0.6 is 0 Å². The zero-order valence-corrected chi connectivity index (χ0v) is 34.7. The lowest BCUT2D eigenvalue weighted by Gasteiger charge is -2.30. The zero-order valence-electron chi connectivity index (χ0n) is 34.7. The summed E-state index contributed by atoms with van der Waals surface area (Å²) in [5, 5.41) is 3.54. The van der Waals surface area contributed by atoms with Gasteiger partial charge < -0.3 is 0 Å². The van der Waals surface area contributed by atoms with E-state index >= 15 is 0 Å². The average molecular weight is 804 g/mol. The van der Waals surface area contributed by atoms with Gasteiger partial charge in [-0.15, -0.1) is 0 Å². The molecule has 0 atom stereocenters. The molecule has 3 nitrogen and oxygen atoms in total. The summed E-state index contributed by atoms with van der Waals surface area (Å²) in [6.07, 6.45) is 15.2. The fourth-order valence-electron chi connectivity index (χ4n) is 11.0. The van der Waals surface area contributed by atoms with E-state index in [9.17, 15) is 0 Å². The van der Waals surface area contributed by atoms with E-state index < -0.39 is 5.41 Å². The van der Waals surface area contributed by atoms with Crippen molar-refractivity contribution in [2.75, 3.05) is 0 Å². The van der Waals surface area contributed by atoms with Gasteiger partial charge in [-0.05, 0) is 117 Å². The van der Waals surface area contributed by atoms with Gasteiger partial charge >= 0.3 is 0 Å². The number of para-hydroxylation sites is 1. The van der Waals surface area contributed by atoms with E-state index in [2.05, 4.69) is 200 Å². The van der Waals surface area contributed by atoms with Crippen molar-refractivity contribution in [1.29, 1.82) is 0 Å². The Kier molecular flexibility index (Phi) is 8.08. The van der Waals surface area contributed by atoms with Crippen molar-refractivity contribution in [1.82, 2.24) is 15.0 Å². The molecule has 0 saturated carbocycles. The topological polar surface area (TPSA) is 38.7 Å². The van der Waals surface area contributed by atoms with Crippen molar-refractivity contribution in [3.8, 4) is 44.8 Å². The molecule has 0 bridgehead atoms. The number of nitrogens with zero attached hydrogens (tertiary/aromatic N) is 3. The molecule has 2 aromatic heterocycles. The van der Waals surface area contributed by atoms with Gasteiger partial charge in [-0.2, -0.15) is 0 Å². The number of hydrogen-bond acceptors (Lipinski definition) is 3. The zero-order chi connectivity index (χ0) is 41.5. The molecule has 0 fully saturated rings. The van der Waals surface area contributed by atoms with Crippen LogP contribution in [0.25, 0.3) is 83.2 Å². The predicted octanol–water partition coefficient (Wildman–Crippen LogP) is 14.8. The quantitative estimate of drug-likeness (QED) is 0.163. The van der Waals surface area contributed by atoms with Crippen molar-refractivity contribution in [2.24, 2.45) is 0 Å². The number of aromatic nitrogens is 3. The van der Waals surface area contributed by atoms with E-state index in [4.69, 9.17) is 15.0 Å². The standard InChI is InChI=1S/C60H41N3/c1-3-15-38(16-4-1)39-27-29-40(30-28-39)56-37-57(63-59(62-56)43-17-5-2-6-18-43)41-31-33-42(34-32-41)58-50-35-49-46-21-9-13-25-53(46)60(54(49)36-48(50)47-22-10-14-26-55(47)61-58)51-23-11-7-19-44(51)45-20-8-12-24-52(45)60/h1,3-5,7-27,29,31-37H,2,6,28,30H2. The number of rotatable bonds is 5. The second kappa shape index (κ2) is 14.2. The van der Waals surface area contributed by atoms with E-state index in [1.165, 1.54) is 66.6 Å². The van der Waals surface area contributed by atoms with Crippen molar-refractivity contribution in [3.05, 3.63) is 240 Å². The Morgan fingerprint density at radius 1 is 0.413 bits per heavy atom. The first-order chi connectivity index (χ1) is 31.2. The number of benzene rings is 7. The van der Waals surface area contributed by atoms with Gasteiger partial charge in [0, 0.05) is 27.5 Å². The summed E-state index contributed by atoms with van der Waals surface area (Å²) in [6.45, 7) is 0. The largest absolute Gasteiger partial charge is 0.247 e. The summed E-state index contributed by atoms with van der Waals surface area (Å²) >= 11 is 0. The lowest BCUT2D eigenvalue weighted by atomic mass is 9.70. The van der Waals surface area contributed by atoms with Gasteiger partial charge in [0.25, 0.3) is 0 Å². The predicted molar refractivity (Wildman–Crippen MR) is 260 cm³/mol. The molecule has 0 amide bonds. The number of allylic oxidation sites excluding steroid dienone is 8. The highest BCUT2D eigenvalue weighted by molar-refractivity contribution is 6.14. The molecular formula is C60H41N3. The maximum Gasteiger partial charge on any atom is 0.160 e. The Morgan fingerprint density at radius 3 is 1.73 bits per heavy atom. The molecule has 0 aliphatic heterocycles. The van der Waals surface area contributed by atoms with E-state index in [0.717, 1.165) is 81.6 Å². The van der Waals surface area contributed by atoms with Crippen molar-refractivity contribution >= 4 is 38.4 Å². The maximum absolute atomic E-state index is 5.44. The summed E-state index contributed by atoms with van der Waals surface area (Å²) in [7, 11) is 0. The van der Waals surface area contributed by atoms with E-state index in [1.54, 1.807) is 0 Å². The number of fused-ring (bicyclic) bond motifs is 13. The minimum atomic E-state index is -0.410. The molecule has 1 spiro atoms. The molecule has 4 aliphatic rings. The van der Waals surface area contributed by atoms with Crippen LogP contribution in [0.1, 0.15) is 65.0 Å². The fourth-order valence-corrected chi connectivity index (χ4v) is 11.0. The minimum absolute atomic E-state index is 0.410. The SMILES string of the molecule is C1=CC(c2nc(C3=CC=C(c4ccccc4)CC3)cc(-c3ccc(-c4nc5ccccc5c5cc6c(cc45)-c4ccccc4C64c5ccccc5-c5ccccc54)cc3)n2)=CCC1. The van der Waals surface area contributed by atoms with Crippen LogP contribution in [-0.4, -0.2) is 15.0 Å². The normalized spacial score (nSPS) is 15.4. The second-order valence-corrected chi connectivity index (χ2v) is 17.2. The molecule has 7 aromatic carbocycles. The van der Waals surface area contributed by atoms with E-state index in [0.29, 0.717) is 0 Å². The van der Waals surface area contributed by atoms with E-state index in [-0.39, 0.29) is 0 Å². The third kappa shape index (κ3) is 5.49. The Hall–Kier alpha value is -7.75. The molecular weight excluding hydrogens is 763 g/mol. The van der Waals surface area contributed by atoms with Crippen LogP contribution in [0.3, 0.4) is 0 Å². The van der Waals surface area contributed by atoms with Gasteiger partial charge in [0.1, 0.15) is 0 Å². The molecule has 9 aromatic rings. The third-order valence-electron chi connectivity index (χ3n) is 13.9. The Bertz CT molecular complexity index is 3450. The van der Waals surface area contributed by atoms with Crippen LogP contribution in [-0.2, 0) is 5.41 Å². The van der Waals surface area contributed by atoms with Gasteiger partial charge in [-0.3, -0.25) is 0 Å². The highest BCUT2D eigenvalue weighted by atomic mass is 14.9. The van der Waals surface area contributed by atoms with Crippen molar-refractivity contribution in [2.45, 2.75) is 31.1 Å². The second-order valence-electron chi connectivity index (χ2n) is 17.2. The van der Waals surface area contributed by atoms with Crippen LogP contribution in [0.15, 0.2) is 200 Å². The molecule has 0 saturated heterocycles. The highest BCUT2D eigenvalue weighted by Crippen LogP contribution is 2.63. The monoisotopic (exact) mass is 803 g/mol. The van der Waals surface area contributed by atoms with Crippen LogP contribution < -0.4 is 0 Å². The van der Waals surface area contributed by atoms with Crippen LogP contribution in [0.4, 0.5) is 0 Å². The first-order valence-corrected chi connectivity index (χ1v) is 22.2. The lowest BCUT2D eigenvalue weighted by Crippen LogP contribution is -2.25. The molecule has 0 unspecified atom stereocenters. The van der Waals surface area contributed by atoms with Gasteiger partial charge in [-0.1, -0.05) is 176 Å². The summed E-state index contributed by atoms with van der Waals surface area (Å²) in [4.78, 5) is 15.8. The number of pyridine rings is 1. The van der Waals surface area contributed by atoms with Crippen LogP contribution in [0.5, 0.6) is 0 Å². The first-order valence-electron chi connectivity index (χ1n) is 22.2. The van der Waals surface area contributed by atoms with Crippen LogP contribution in [0.2, 0.25) is 0 Å². The van der Waals surface area contributed by atoms with Gasteiger partial charge in [-0.25, -0.2) is 15.0 Å². The molecule has 63 heavy (non-hydrogen) atoms. The van der Waals surface area contributed by atoms with Gasteiger partial charge in [0.05, 0.1) is 28.0 Å². The fraction of sp³-hybridized carbons (Fsp3) is 0.0833. The van der Waals surface area contributed by atoms with Gasteiger partial charge in [0.2, 0.25) is 0 Å². The Labute approximate surface area is 367 Å². The van der Waals surface area contributed by atoms with Gasteiger partial charge in [0.15, 0.2) is 5.82 Å². The summed E-state index contributed by atoms with van der Waals surface area (Å²) in [5.74, 6) is 0.780. The molecule has 2 heterocycles. The minimum Gasteiger partial charge on any atom is -0.247 e. The average Bonchev–Trinajstić information content (AvgIpc) is 3.83. The maximum atomic E-state index is 5.44. The van der Waals surface area contributed by atoms with Crippen LogP contribution in [0, 0.1) is 0 Å². The van der Waals surface area contributed by atoms with Crippen molar-refractivity contribution < 1.29 is 0 Å². The Balaban J connectivity index is 0.962. The number of hydrogen-bond donors (Lipinski definition) is 0. The lowest BCUT2D eigenvalue weighted by molar-refractivity contribution is 0.795. The first kappa shape index (κ1) is 36.0. The Morgan fingerprint density at radius 2 is 1.03 bits per heavy atom. The molecule has 3 heteroatoms. The summed E-state index contributed by atoms with van der Waals surface area (Å²) in [5.41, 5.74) is 21.2. The highest BCUT2D eigenvalue weighted by Gasteiger charge is 2.51. The molecule has 0 radical (unpaired) electrons.